The van der Waals surface area contributed by atoms with Crippen LogP contribution in [0, 0.1) is 5.92 Å². The molecule has 3 aliphatic rings. The Labute approximate surface area is 185 Å². The number of carbonyl (C=O) groups is 3. The Morgan fingerprint density at radius 3 is 2.55 bits per heavy atom. The van der Waals surface area contributed by atoms with Gasteiger partial charge in [-0.25, -0.2) is 4.79 Å². The lowest BCUT2D eigenvalue weighted by Gasteiger charge is -2.42. The zero-order valence-electron chi connectivity index (χ0n) is 19.3. The molecule has 3 rings (SSSR count). The summed E-state index contributed by atoms with van der Waals surface area (Å²) in [5, 5.41) is 6.26. The minimum atomic E-state index is -0.519. The molecule has 0 radical (unpaired) electrons. The van der Waals surface area contributed by atoms with Crippen LogP contribution in [0.2, 0.25) is 0 Å². The Morgan fingerprint density at radius 2 is 1.90 bits per heavy atom. The van der Waals surface area contributed by atoms with Gasteiger partial charge in [0, 0.05) is 38.6 Å². The molecule has 1 unspecified atom stereocenters. The Hall–Kier alpha value is -1.87. The highest BCUT2D eigenvalue weighted by atomic mass is 16.6. The van der Waals surface area contributed by atoms with Crippen molar-refractivity contribution in [2.45, 2.75) is 77.2 Å². The maximum absolute atomic E-state index is 12.9. The van der Waals surface area contributed by atoms with Gasteiger partial charge >= 0.3 is 6.09 Å². The highest BCUT2D eigenvalue weighted by molar-refractivity contribution is 5.82. The minimum Gasteiger partial charge on any atom is -0.444 e. The Balaban J connectivity index is 1.56. The van der Waals surface area contributed by atoms with Gasteiger partial charge < -0.3 is 25.0 Å². The second kappa shape index (κ2) is 10.2. The molecular formula is C22H38N4O5. The van der Waals surface area contributed by atoms with E-state index >= 15 is 0 Å². The highest BCUT2D eigenvalue weighted by Crippen LogP contribution is 2.27. The number of rotatable bonds is 4. The summed E-state index contributed by atoms with van der Waals surface area (Å²) in [5.41, 5.74) is -0.519. The van der Waals surface area contributed by atoms with Crippen molar-refractivity contribution >= 4 is 17.9 Å². The van der Waals surface area contributed by atoms with Crippen LogP contribution >= 0.6 is 0 Å². The summed E-state index contributed by atoms with van der Waals surface area (Å²) in [4.78, 5) is 41.3. The van der Waals surface area contributed by atoms with Crippen molar-refractivity contribution < 1.29 is 23.9 Å². The smallest absolute Gasteiger partial charge is 0.410 e. The molecule has 31 heavy (non-hydrogen) atoms. The van der Waals surface area contributed by atoms with Crippen LogP contribution in [0.15, 0.2) is 0 Å². The average molecular weight is 439 g/mol. The van der Waals surface area contributed by atoms with Gasteiger partial charge in [0.2, 0.25) is 5.91 Å². The van der Waals surface area contributed by atoms with E-state index in [2.05, 4.69) is 22.5 Å². The van der Waals surface area contributed by atoms with Gasteiger partial charge in [-0.2, -0.15) is 0 Å². The Morgan fingerprint density at radius 1 is 1.19 bits per heavy atom. The monoisotopic (exact) mass is 438 g/mol. The second-order valence-corrected chi connectivity index (χ2v) is 9.80. The summed E-state index contributed by atoms with van der Waals surface area (Å²) in [6.07, 6.45) is 1.79. The van der Waals surface area contributed by atoms with Gasteiger partial charge in [-0.05, 0) is 52.5 Å². The third-order valence-corrected chi connectivity index (χ3v) is 6.36. The molecule has 3 heterocycles. The number of morpholine rings is 1. The van der Waals surface area contributed by atoms with E-state index in [1.807, 2.05) is 20.8 Å². The van der Waals surface area contributed by atoms with E-state index in [1.54, 1.807) is 4.90 Å². The standard InChI is InChI=1S/C22H38N4O5/c1-5-25-12-13-30-17(14-25)20(28)23-16-6-7-18(27)24-19(16)15-8-10-26(11-9-15)21(29)31-22(2,3)4/h15-17,19H,5-14H2,1-4H3,(H,23,28)(H,24,27)/t16-,17?,19+/m1/s1. The predicted octanol–water partition coefficient (Wildman–Crippen LogP) is 1.12. The van der Waals surface area contributed by atoms with Crippen LogP contribution in [0.3, 0.4) is 0 Å². The molecule has 3 aliphatic heterocycles. The van der Waals surface area contributed by atoms with Crippen molar-refractivity contribution in [3.8, 4) is 0 Å². The molecule has 9 heteroatoms. The summed E-state index contributed by atoms with van der Waals surface area (Å²) < 4.78 is 11.2. The number of carbonyl (C=O) groups excluding carboxylic acids is 3. The number of nitrogens with zero attached hydrogens (tertiary/aromatic N) is 2. The van der Waals surface area contributed by atoms with Crippen LogP contribution < -0.4 is 10.6 Å². The maximum Gasteiger partial charge on any atom is 0.410 e. The SMILES string of the molecule is CCN1CCOC(C(=O)N[C@@H]2CCC(=O)N[C@H]2C2CCN(C(=O)OC(C)(C)C)CC2)C1. The van der Waals surface area contributed by atoms with Crippen LogP contribution in [0.4, 0.5) is 4.79 Å². The quantitative estimate of drug-likeness (QED) is 0.682. The van der Waals surface area contributed by atoms with Gasteiger partial charge in [0.15, 0.2) is 0 Å². The van der Waals surface area contributed by atoms with Crippen LogP contribution in [0.25, 0.3) is 0 Å². The fraction of sp³-hybridized carbons (Fsp3) is 0.864. The molecule has 3 fully saturated rings. The molecule has 9 nitrogen and oxygen atoms in total. The molecule has 0 aromatic heterocycles. The van der Waals surface area contributed by atoms with Crippen molar-refractivity contribution in [2.75, 3.05) is 39.3 Å². The van der Waals surface area contributed by atoms with Crippen molar-refractivity contribution in [1.29, 1.82) is 0 Å². The lowest BCUT2D eigenvalue weighted by Crippen LogP contribution is -2.62. The van der Waals surface area contributed by atoms with Gasteiger partial charge in [0.25, 0.3) is 5.91 Å². The number of nitrogens with one attached hydrogen (secondary N) is 2. The van der Waals surface area contributed by atoms with E-state index in [-0.39, 0.29) is 35.9 Å². The zero-order chi connectivity index (χ0) is 22.6. The molecule has 0 bridgehead atoms. The zero-order valence-corrected chi connectivity index (χ0v) is 19.3. The molecule has 0 aromatic carbocycles. The first-order valence-corrected chi connectivity index (χ1v) is 11.6. The number of likely N-dealkylation sites (N-methyl/N-ethyl adjacent to an activating group) is 1. The molecule has 3 atom stereocenters. The van der Waals surface area contributed by atoms with Crippen LogP contribution in [0.5, 0.6) is 0 Å². The van der Waals surface area contributed by atoms with Crippen LogP contribution in [-0.4, -0.2) is 90.8 Å². The van der Waals surface area contributed by atoms with E-state index in [0.717, 1.165) is 25.9 Å². The van der Waals surface area contributed by atoms with E-state index < -0.39 is 11.7 Å². The normalized spacial score (nSPS) is 28.7. The number of piperidine rings is 2. The molecule has 176 valence electrons. The van der Waals surface area contributed by atoms with Crippen molar-refractivity contribution in [2.24, 2.45) is 5.92 Å². The van der Waals surface area contributed by atoms with Gasteiger partial charge in [0.1, 0.15) is 11.7 Å². The Kier molecular flexibility index (Phi) is 7.80. The van der Waals surface area contributed by atoms with Crippen molar-refractivity contribution in [3.05, 3.63) is 0 Å². The number of amides is 3. The number of likely N-dealkylation sites (tertiary alicyclic amines) is 1. The first-order chi connectivity index (χ1) is 14.7. The number of hydrogen-bond acceptors (Lipinski definition) is 6. The van der Waals surface area contributed by atoms with Crippen LogP contribution in [-0.2, 0) is 19.1 Å². The first-order valence-electron chi connectivity index (χ1n) is 11.6. The topological polar surface area (TPSA) is 100 Å². The lowest BCUT2D eigenvalue weighted by atomic mass is 9.81. The van der Waals surface area contributed by atoms with E-state index in [1.165, 1.54) is 0 Å². The third kappa shape index (κ3) is 6.55. The molecule has 0 aliphatic carbocycles. The van der Waals surface area contributed by atoms with Crippen molar-refractivity contribution in [3.63, 3.8) is 0 Å². The summed E-state index contributed by atoms with van der Waals surface area (Å²) in [6.45, 7) is 11.7. The Bertz CT molecular complexity index is 657. The first kappa shape index (κ1) is 23.8. The lowest BCUT2D eigenvalue weighted by molar-refractivity contribution is -0.140. The summed E-state index contributed by atoms with van der Waals surface area (Å²) in [6, 6.07) is -0.249. The van der Waals surface area contributed by atoms with E-state index in [0.29, 0.717) is 39.1 Å². The highest BCUT2D eigenvalue weighted by Gasteiger charge is 2.39. The summed E-state index contributed by atoms with van der Waals surface area (Å²) >= 11 is 0. The number of ether oxygens (including phenoxy) is 2. The molecule has 0 aromatic rings. The number of hydrogen-bond donors (Lipinski definition) is 2. The third-order valence-electron chi connectivity index (χ3n) is 6.36. The maximum atomic E-state index is 12.9. The minimum absolute atomic E-state index is 0.0242. The predicted molar refractivity (Wildman–Crippen MR) is 115 cm³/mol. The average Bonchev–Trinajstić information content (AvgIpc) is 2.74. The van der Waals surface area contributed by atoms with E-state index in [4.69, 9.17) is 9.47 Å². The summed E-state index contributed by atoms with van der Waals surface area (Å²) in [7, 11) is 0. The van der Waals surface area contributed by atoms with E-state index in [9.17, 15) is 14.4 Å². The molecule has 3 saturated heterocycles. The molecule has 0 spiro atoms. The largest absolute Gasteiger partial charge is 0.444 e. The fourth-order valence-electron chi connectivity index (χ4n) is 4.62. The van der Waals surface area contributed by atoms with Crippen LogP contribution in [0.1, 0.15) is 53.4 Å². The summed E-state index contributed by atoms with van der Waals surface area (Å²) in [5.74, 6) is 0.124. The van der Waals surface area contributed by atoms with Gasteiger partial charge in [-0.3, -0.25) is 14.5 Å². The fourth-order valence-corrected chi connectivity index (χ4v) is 4.62. The van der Waals surface area contributed by atoms with Gasteiger partial charge in [-0.1, -0.05) is 6.92 Å². The van der Waals surface area contributed by atoms with Gasteiger partial charge in [-0.15, -0.1) is 0 Å². The molecule has 0 saturated carbocycles. The second-order valence-electron chi connectivity index (χ2n) is 9.80. The molecule has 2 N–H and O–H groups in total. The van der Waals surface area contributed by atoms with Gasteiger partial charge in [0.05, 0.1) is 12.6 Å². The molecular weight excluding hydrogens is 400 g/mol. The molecule has 3 amide bonds. The van der Waals surface area contributed by atoms with Crippen molar-refractivity contribution in [1.82, 2.24) is 20.4 Å².